The lowest BCUT2D eigenvalue weighted by Gasteiger charge is -2.33. The SMILES string of the molecule is CC[C@@H](C)NC(=O)[C@H](CC)N(Cc1ccc(C)cc1)C(=O)CN(c1ccc(C)cc1)S(=O)(=O)c1ccc(C)cc1. The molecule has 0 aliphatic rings. The van der Waals surface area contributed by atoms with Crippen molar-refractivity contribution in [2.75, 3.05) is 10.8 Å². The molecule has 0 saturated heterocycles. The van der Waals surface area contributed by atoms with E-state index < -0.39 is 28.5 Å². The molecule has 0 aromatic heterocycles. The standard InChI is InChI=1S/C32H41N3O4S/c1-7-26(6)33-32(37)30(8-2)34(21-27-15-9-23(3)10-16-27)31(36)22-35(28-17-11-24(4)12-18-28)40(38,39)29-19-13-25(5)14-20-29/h9-20,26,30H,7-8,21-22H2,1-6H3,(H,33,37)/t26-,30+/m1/s1. The summed E-state index contributed by atoms with van der Waals surface area (Å²) < 4.78 is 29.0. The number of benzene rings is 3. The minimum Gasteiger partial charge on any atom is -0.352 e. The first kappa shape index (κ1) is 30.9. The first-order valence-electron chi connectivity index (χ1n) is 13.8. The molecular formula is C32H41N3O4S. The van der Waals surface area contributed by atoms with Crippen molar-refractivity contribution >= 4 is 27.5 Å². The molecule has 1 N–H and O–H groups in total. The fourth-order valence-electron chi connectivity index (χ4n) is 4.33. The number of sulfonamides is 1. The second-order valence-corrected chi connectivity index (χ2v) is 12.3. The number of amides is 2. The highest BCUT2D eigenvalue weighted by molar-refractivity contribution is 7.92. The Bertz CT molecular complexity index is 1390. The van der Waals surface area contributed by atoms with Gasteiger partial charge in [0.25, 0.3) is 10.0 Å². The number of nitrogens with zero attached hydrogens (tertiary/aromatic N) is 2. The molecule has 0 heterocycles. The van der Waals surface area contributed by atoms with Crippen molar-refractivity contribution in [2.24, 2.45) is 0 Å². The van der Waals surface area contributed by atoms with Crippen LogP contribution >= 0.6 is 0 Å². The quantitative estimate of drug-likeness (QED) is 0.314. The molecule has 2 amide bonds. The highest BCUT2D eigenvalue weighted by atomic mass is 32.2. The van der Waals surface area contributed by atoms with E-state index in [9.17, 15) is 18.0 Å². The Kier molecular flexibility index (Phi) is 10.5. The molecule has 3 aromatic rings. The highest BCUT2D eigenvalue weighted by Crippen LogP contribution is 2.25. The molecule has 3 aromatic carbocycles. The maximum atomic E-state index is 14.1. The summed E-state index contributed by atoms with van der Waals surface area (Å²) in [6.07, 6.45) is 1.14. The summed E-state index contributed by atoms with van der Waals surface area (Å²) in [7, 11) is -4.08. The van der Waals surface area contributed by atoms with Crippen LogP contribution in [0.25, 0.3) is 0 Å². The predicted molar refractivity (Wildman–Crippen MR) is 161 cm³/mol. The van der Waals surface area contributed by atoms with Gasteiger partial charge in [-0.3, -0.25) is 13.9 Å². The smallest absolute Gasteiger partial charge is 0.264 e. The molecule has 214 valence electrons. The monoisotopic (exact) mass is 563 g/mol. The Morgan fingerprint density at radius 3 is 1.77 bits per heavy atom. The van der Waals surface area contributed by atoms with Crippen molar-refractivity contribution in [2.45, 2.75) is 77.9 Å². The maximum absolute atomic E-state index is 14.1. The van der Waals surface area contributed by atoms with E-state index in [4.69, 9.17) is 0 Å². The van der Waals surface area contributed by atoms with Gasteiger partial charge in [-0.1, -0.05) is 79.1 Å². The van der Waals surface area contributed by atoms with Crippen LogP contribution in [0.3, 0.4) is 0 Å². The zero-order chi connectivity index (χ0) is 29.4. The summed E-state index contributed by atoms with van der Waals surface area (Å²) >= 11 is 0. The van der Waals surface area contributed by atoms with Crippen LogP contribution in [0.5, 0.6) is 0 Å². The molecule has 2 atom stereocenters. The van der Waals surface area contributed by atoms with Crippen LogP contribution < -0.4 is 9.62 Å². The molecular weight excluding hydrogens is 522 g/mol. The van der Waals surface area contributed by atoms with E-state index in [0.29, 0.717) is 12.1 Å². The Morgan fingerprint density at radius 1 is 0.775 bits per heavy atom. The van der Waals surface area contributed by atoms with Crippen molar-refractivity contribution in [3.05, 3.63) is 95.1 Å². The number of aryl methyl sites for hydroxylation is 3. The molecule has 0 bridgehead atoms. The van der Waals surface area contributed by atoms with Crippen LogP contribution in [0, 0.1) is 20.8 Å². The summed E-state index contributed by atoms with van der Waals surface area (Å²) in [4.78, 5) is 29.0. The van der Waals surface area contributed by atoms with Crippen molar-refractivity contribution in [1.82, 2.24) is 10.2 Å². The second-order valence-electron chi connectivity index (χ2n) is 10.4. The molecule has 0 fully saturated rings. The molecule has 8 heteroatoms. The van der Waals surface area contributed by atoms with Gasteiger partial charge in [0.1, 0.15) is 12.6 Å². The van der Waals surface area contributed by atoms with Gasteiger partial charge >= 0.3 is 0 Å². The van der Waals surface area contributed by atoms with Gasteiger partial charge in [-0.05, 0) is 70.4 Å². The number of rotatable bonds is 12. The summed E-state index contributed by atoms with van der Waals surface area (Å²) in [5.74, 6) is -0.705. The van der Waals surface area contributed by atoms with E-state index in [2.05, 4.69) is 5.32 Å². The number of hydrogen-bond acceptors (Lipinski definition) is 4. The Labute approximate surface area is 239 Å². The minimum absolute atomic E-state index is 0.0520. The lowest BCUT2D eigenvalue weighted by Crippen LogP contribution is -2.53. The van der Waals surface area contributed by atoms with Crippen molar-refractivity contribution < 1.29 is 18.0 Å². The largest absolute Gasteiger partial charge is 0.352 e. The maximum Gasteiger partial charge on any atom is 0.264 e. The molecule has 3 rings (SSSR count). The van der Waals surface area contributed by atoms with Gasteiger partial charge in [-0.25, -0.2) is 8.42 Å². The van der Waals surface area contributed by atoms with Gasteiger partial charge in [-0.2, -0.15) is 0 Å². The highest BCUT2D eigenvalue weighted by Gasteiger charge is 2.34. The topological polar surface area (TPSA) is 86.8 Å². The third-order valence-electron chi connectivity index (χ3n) is 7.07. The number of nitrogens with one attached hydrogen (secondary N) is 1. The summed E-state index contributed by atoms with van der Waals surface area (Å²) in [5.41, 5.74) is 4.22. The third kappa shape index (κ3) is 7.72. The zero-order valence-corrected chi connectivity index (χ0v) is 25.2. The van der Waals surface area contributed by atoms with Crippen molar-refractivity contribution in [1.29, 1.82) is 0 Å². The normalized spacial score (nSPS) is 12.8. The van der Waals surface area contributed by atoms with Crippen LogP contribution in [-0.4, -0.2) is 43.8 Å². The summed E-state index contributed by atoms with van der Waals surface area (Å²) in [5, 5.41) is 3.00. The fourth-order valence-corrected chi connectivity index (χ4v) is 5.74. The van der Waals surface area contributed by atoms with Gasteiger partial charge in [0, 0.05) is 12.6 Å². The lowest BCUT2D eigenvalue weighted by atomic mass is 10.1. The van der Waals surface area contributed by atoms with Gasteiger partial charge in [-0.15, -0.1) is 0 Å². The number of hydrogen-bond donors (Lipinski definition) is 1. The van der Waals surface area contributed by atoms with Crippen LogP contribution in [0.15, 0.2) is 77.7 Å². The zero-order valence-electron chi connectivity index (χ0n) is 24.3. The molecule has 0 spiro atoms. The average Bonchev–Trinajstić information content (AvgIpc) is 2.93. The molecule has 0 aliphatic carbocycles. The molecule has 0 saturated carbocycles. The van der Waals surface area contributed by atoms with Crippen LogP contribution in [0.1, 0.15) is 55.9 Å². The van der Waals surface area contributed by atoms with E-state index in [1.165, 1.54) is 4.90 Å². The summed E-state index contributed by atoms with van der Waals surface area (Å²) in [6.45, 7) is 11.3. The van der Waals surface area contributed by atoms with Crippen LogP contribution in [0.2, 0.25) is 0 Å². The lowest BCUT2D eigenvalue weighted by molar-refractivity contribution is -0.140. The minimum atomic E-state index is -4.08. The first-order chi connectivity index (χ1) is 19.0. The van der Waals surface area contributed by atoms with E-state index in [-0.39, 0.29) is 23.4 Å². The van der Waals surface area contributed by atoms with Gasteiger partial charge < -0.3 is 10.2 Å². The second kappa shape index (κ2) is 13.6. The Hall–Kier alpha value is -3.65. The Balaban J connectivity index is 2.04. The van der Waals surface area contributed by atoms with E-state index >= 15 is 0 Å². The number of carbonyl (C=O) groups is 2. The third-order valence-corrected chi connectivity index (χ3v) is 8.86. The van der Waals surface area contributed by atoms with Crippen LogP contribution in [0.4, 0.5) is 5.69 Å². The predicted octanol–water partition coefficient (Wildman–Crippen LogP) is 5.53. The molecule has 40 heavy (non-hydrogen) atoms. The van der Waals surface area contributed by atoms with Crippen molar-refractivity contribution in [3.8, 4) is 0 Å². The number of carbonyl (C=O) groups excluding carboxylic acids is 2. The van der Waals surface area contributed by atoms with E-state index in [1.807, 2.05) is 77.9 Å². The summed E-state index contributed by atoms with van der Waals surface area (Å²) in [6, 6.07) is 20.6. The van der Waals surface area contributed by atoms with Gasteiger partial charge in [0.05, 0.1) is 10.6 Å². The first-order valence-corrected chi connectivity index (χ1v) is 15.2. The fraction of sp³-hybridized carbons (Fsp3) is 0.375. The molecule has 0 unspecified atom stereocenters. The van der Waals surface area contributed by atoms with Crippen molar-refractivity contribution in [3.63, 3.8) is 0 Å². The van der Waals surface area contributed by atoms with Gasteiger partial charge in [0.15, 0.2) is 0 Å². The molecule has 0 radical (unpaired) electrons. The van der Waals surface area contributed by atoms with Crippen LogP contribution in [-0.2, 0) is 26.2 Å². The number of anilines is 1. The molecule has 7 nitrogen and oxygen atoms in total. The van der Waals surface area contributed by atoms with E-state index in [0.717, 1.165) is 33.0 Å². The average molecular weight is 564 g/mol. The Morgan fingerprint density at radius 2 is 1.27 bits per heavy atom. The van der Waals surface area contributed by atoms with Gasteiger partial charge in [0.2, 0.25) is 11.8 Å². The van der Waals surface area contributed by atoms with E-state index in [1.54, 1.807) is 36.4 Å². The molecule has 0 aliphatic heterocycles.